The van der Waals surface area contributed by atoms with E-state index in [1.165, 1.54) is 20.3 Å². The number of hydrogen-bond acceptors (Lipinski definition) is 4. The highest BCUT2D eigenvalue weighted by Gasteiger charge is 2.23. The number of nitrogens with one attached hydrogen (secondary N) is 1. The fourth-order valence-corrected chi connectivity index (χ4v) is 1.22. The van der Waals surface area contributed by atoms with Gasteiger partial charge in [-0.1, -0.05) is 6.92 Å². The minimum absolute atomic E-state index is 0.178. The summed E-state index contributed by atoms with van der Waals surface area (Å²) in [6.07, 6.45) is 2.57. The molecule has 76 valence electrons. The average Bonchev–Trinajstić information content (AvgIpc) is 2.65. The monoisotopic (exact) mass is 196 g/mol. The zero-order valence-corrected chi connectivity index (χ0v) is 8.23. The van der Waals surface area contributed by atoms with E-state index in [1.807, 2.05) is 6.92 Å². The number of amides is 1. The molecule has 2 N–H and O–H groups in total. The van der Waals surface area contributed by atoms with Crippen LogP contribution >= 0.6 is 0 Å². The lowest BCUT2D eigenvalue weighted by Crippen LogP contribution is -2.38. The van der Waals surface area contributed by atoms with E-state index in [2.05, 4.69) is 10.3 Å². The van der Waals surface area contributed by atoms with Gasteiger partial charge in [-0.25, -0.2) is 4.98 Å². The Bertz CT molecular complexity index is 289. The molecule has 0 aliphatic carbocycles. The van der Waals surface area contributed by atoms with E-state index in [4.69, 9.17) is 4.42 Å². The zero-order valence-electron chi connectivity index (χ0n) is 8.23. The van der Waals surface area contributed by atoms with Crippen LogP contribution in [-0.4, -0.2) is 29.8 Å². The van der Waals surface area contributed by atoms with Crippen LogP contribution in [0.25, 0.3) is 0 Å². The number of carbonyl (C=O) groups is 1. The molecular formula is C8H13BN2O3. The molecule has 0 fully saturated rings. The summed E-state index contributed by atoms with van der Waals surface area (Å²) >= 11 is 0. The van der Waals surface area contributed by atoms with Crippen LogP contribution in [-0.2, 0) is 0 Å². The van der Waals surface area contributed by atoms with Gasteiger partial charge in [-0.15, -0.1) is 0 Å². The Labute approximate surface area is 82.9 Å². The Hall–Kier alpha value is -1.30. The molecule has 1 heterocycles. The molecule has 14 heavy (non-hydrogen) atoms. The van der Waals surface area contributed by atoms with Gasteiger partial charge >= 0.3 is 0 Å². The van der Waals surface area contributed by atoms with Crippen LogP contribution < -0.4 is 5.32 Å². The Morgan fingerprint density at radius 1 is 1.86 bits per heavy atom. The maximum Gasteiger partial charge on any atom is 0.224 e. The van der Waals surface area contributed by atoms with Crippen molar-refractivity contribution in [1.82, 2.24) is 10.3 Å². The highest BCUT2D eigenvalue weighted by Crippen LogP contribution is 2.16. The van der Waals surface area contributed by atoms with Gasteiger partial charge in [0.15, 0.2) is 5.81 Å². The van der Waals surface area contributed by atoms with Crippen LogP contribution in [0, 0.1) is 0 Å². The lowest BCUT2D eigenvalue weighted by atomic mass is 10.0. The Balaban J connectivity index is 2.65. The minimum atomic E-state index is -0.890. The summed E-state index contributed by atoms with van der Waals surface area (Å²) in [6, 6.07) is -0.355. The first-order valence-electron chi connectivity index (χ1n) is 4.49. The van der Waals surface area contributed by atoms with Gasteiger partial charge in [-0.05, 0) is 6.42 Å². The van der Waals surface area contributed by atoms with E-state index in [0.29, 0.717) is 6.42 Å². The van der Waals surface area contributed by atoms with E-state index < -0.39 is 6.10 Å². The van der Waals surface area contributed by atoms with E-state index in [0.717, 1.165) is 0 Å². The van der Waals surface area contributed by atoms with Crippen molar-refractivity contribution < 1.29 is 14.3 Å². The van der Waals surface area contributed by atoms with Gasteiger partial charge in [-0.3, -0.25) is 4.79 Å². The second-order valence-electron chi connectivity index (χ2n) is 3.03. The molecule has 1 aromatic heterocycles. The molecular weight excluding hydrogens is 183 g/mol. The molecule has 1 amide bonds. The van der Waals surface area contributed by atoms with Crippen molar-refractivity contribution in [1.29, 1.82) is 0 Å². The van der Waals surface area contributed by atoms with E-state index in [1.54, 1.807) is 0 Å². The van der Waals surface area contributed by atoms with Crippen LogP contribution in [0.5, 0.6) is 0 Å². The molecule has 0 saturated carbocycles. The van der Waals surface area contributed by atoms with E-state index in [9.17, 15) is 9.90 Å². The summed E-state index contributed by atoms with van der Waals surface area (Å²) < 4.78 is 4.95. The fraction of sp³-hybridized carbons (Fsp3) is 0.500. The van der Waals surface area contributed by atoms with Gasteiger partial charge < -0.3 is 14.8 Å². The Morgan fingerprint density at radius 2 is 2.57 bits per heavy atom. The maximum absolute atomic E-state index is 10.8. The van der Waals surface area contributed by atoms with Gasteiger partial charge in [-0.2, -0.15) is 0 Å². The molecule has 2 atom stereocenters. The second-order valence-corrected chi connectivity index (χ2v) is 3.03. The number of oxazole rings is 1. The van der Waals surface area contributed by atoms with Gasteiger partial charge in [0.2, 0.25) is 13.7 Å². The fourth-order valence-electron chi connectivity index (χ4n) is 1.22. The number of rotatable bonds is 4. The molecule has 0 aromatic carbocycles. The molecule has 1 unspecified atom stereocenters. The van der Waals surface area contributed by atoms with E-state index in [-0.39, 0.29) is 17.7 Å². The normalized spacial score (nSPS) is 14.7. The summed E-state index contributed by atoms with van der Waals surface area (Å²) in [5.74, 6) is 0.0491. The van der Waals surface area contributed by atoms with E-state index >= 15 is 0 Å². The third kappa shape index (κ3) is 2.60. The number of aliphatic hydroxyl groups excluding tert-OH is 1. The lowest BCUT2D eigenvalue weighted by Gasteiger charge is -2.19. The first-order chi connectivity index (χ1) is 6.65. The second kappa shape index (κ2) is 4.81. The van der Waals surface area contributed by atoms with Crippen LogP contribution in [0.1, 0.15) is 25.3 Å². The molecule has 0 spiro atoms. The van der Waals surface area contributed by atoms with Crippen LogP contribution in [0.3, 0.4) is 0 Å². The summed E-state index contributed by atoms with van der Waals surface area (Å²) in [7, 11) is 1.41. The SMILES string of the molecule is BC(=O)N[C@@H](CC)C(O)c1ncco1. The highest BCUT2D eigenvalue weighted by atomic mass is 16.4. The number of aliphatic hydroxyl groups is 1. The highest BCUT2D eigenvalue weighted by molar-refractivity contribution is 6.57. The lowest BCUT2D eigenvalue weighted by molar-refractivity contribution is 0.102. The van der Waals surface area contributed by atoms with Gasteiger partial charge in [0, 0.05) is 0 Å². The van der Waals surface area contributed by atoms with Crippen molar-refractivity contribution in [2.75, 3.05) is 0 Å². The summed E-state index contributed by atoms with van der Waals surface area (Å²) in [5, 5.41) is 12.4. The minimum Gasteiger partial charge on any atom is -0.446 e. The summed E-state index contributed by atoms with van der Waals surface area (Å²) in [4.78, 5) is 14.6. The average molecular weight is 196 g/mol. The van der Waals surface area contributed by atoms with Crippen molar-refractivity contribution >= 4 is 13.7 Å². The molecule has 1 rings (SSSR count). The largest absolute Gasteiger partial charge is 0.446 e. The molecule has 0 aliphatic rings. The maximum atomic E-state index is 10.8. The first-order valence-corrected chi connectivity index (χ1v) is 4.49. The van der Waals surface area contributed by atoms with Crippen molar-refractivity contribution in [3.05, 3.63) is 18.4 Å². The van der Waals surface area contributed by atoms with Gasteiger partial charge in [0.25, 0.3) is 0 Å². The number of nitrogens with zero attached hydrogens (tertiary/aromatic N) is 1. The molecule has 5 nitrogen and oxygen atoms in total. The van der Waals surface area contributed by atoms with Crippen molar-refractivity contribution in [3.8, 4) is 0 Å². The zero-order chi connectivity index (χ0) is 10.6. The predicted octanol–water partition coefficient (Wildman–Crippen LogP) is -0.171. The van der Waals surface area contributed by atoms with Gasteiger partial charge in [0.05, 0.1) is 12.2 Å². The van der Waals surface area contributed by atoms with Crippen molar-refractivity contribution in [3.63, 3.8) is 0 Å². The van der Waals surface area contributed by atoms with Crippen LogP contribution in [0.2, 0.25) is 0 Å². The van der Waals surface area contributed by atoms with Gasteiger partial charge in [0.1, 0.15) is 12.4 Å². The smallest absolute Gasteiger partial charge is 0.224 e. The van der Waals surface area contributed by atoms with Crippen LogP contribution in [0.15, 0.2) is 16.9 Å². The predicted molar refractivity (Wildman–Crippen MR) is 52.6 cm³/mol. The number of carbonyl (C=O) groups excluding carboxylic acids is 1. The standard InChI is InChI=1S/C8H13BN2O3/c1-2-5(11-8(9)13)6(12)7-10-3-4-14-7/h3-6,12H,2,9H2,1H3,(H,11,13)/t5-,6?/m0/s1. The van der Waals surface area contributed by atoms with Crippen molar-refractivity contribution in [2.45, 2.75) is 25.5 Å². The summed E-state index contributed by atoms with van der Waals surface area (Å²) in [6.45, 7) is 1.87. The molecule has 6 heteroatoms. The molecule has 0 bridgehead atoms. The van der Waals surface area contributed by atoms with Crippen molar-refractivity contribution in [2.24, 2.45) is 0 Å². The third-order valence-electron chi connectivity index (χ3n) is 1.91. The number of aromatic nitrogens is 1. The summed E-state index contributed by atoms with van der Waals surface area (Å²) in [5.41, 5.74) is 0. The molecule has 0 radical (unpaired) electrons. The Morgan fingerprint density at radius 3 is 3.00 bits per heavy atom. The molecule has 1 aromatic rings. The van der Waals surface area contributed by atoms with Crippen LogP contribution in [0.4, 0.5) is 4.79 Å². The topological polar surface area (TPSA) is 75.4 Å². The molecule has 0 saturated heterocycles. The quantitative estimate of drug-likeness (QED) is 0.655. The number of hydrogen-bond donors (Lipinski definition) is 2. The third-order valence-corrected chi connectivity index (χ3v) is 1.91. The Kier molecular flexibility index (Phi) is 3.70. The first kappa shape index (κ1) is 10.8. The molecule has 0 aliphatic heterocycles.